The second-order valence-corrected chi connectivity index (χ2v) is 5.98. The van der Waals surface area contributed by atoms with Crippen LogP contribution in [0, 0.1) is 0 Å². The number of urea groups is 1. The van der Waals surface area contributed by atoms with Gasteiger partial charge in [-0.2, -0.15) is 0 Å². The first-order valence-electron chi connectivity index (χ1n) is 8.77. The van der Waals surface area contributed by atoms with Crippen LogP contribution in [0.5, 0.6) is 0 Å². The van der Waals surface area contributed by atoms with Crippen LogP contribution >= 0.6 is 0 Å². The van der Waals surface area contributed by atoms with Crippen LogP contribution in [-0.4, -0.2) is 29.9 Å². The number of hydrogen-bond donors (Lipinski definition) is 3. The van der Waals surface area contributed by atoms with Gasteiger partial charge in [-0.3, -0.25) is 9.69 Å². The number of primary amides is 1. The number of nitrogens with two attached hydrogens (primary N) is 1. The number of benzene rings is 2. The molecule has 0 saturated heterocycles. The Bertz CT molecular complexity index is 740. The molecule has 3 amide bonds. The van der Waals surface area contributed by atoms with Gasteiger partial charge in [-0.05, 0) is 48.5 Å². The molecule has 0 atom stereocenters. The maximum absolute atomic E-state index is 12.4. The smallest absolute Gasteiger partial charge is 0.316 e. The van der Waals surface area contributed by atoms with Crippen molar-refractivity contribution in [1.29, 1.82) is 0 Å². The summed E-state index contributed by atoms with van der Waals surface area (Å²) in [6, 6.07) is 14.1. The van der Waals surface area contributed by atoms with Crippen molar-refractivity contribution in [2.24, 2.45) is 5.73 Å². The first-order chi connectivity index (χ1) is 12.5. The topological polar surface area (TPSA) is 87.5 Å². The molecule has 2 rings (SSSR count). The van der Waals surface area contributed by atoms with E-state index in [2.05, 4.69) is 35.4 Å². The summed E-state index contributed by atoms with van der Waals surface area (Å²) < 4.78 is 0. The molecule has 0 aliphatic carbocycles. The summed E-state index contributed by atoms with van der Waals surface area (Å²) in [5.41, 5.74) is 8.48. The van der Waals surface area contributed by atoms with Gasteiger partial charge in [0.1, 0.15) is 0 Å². The Kier molecular flexibility index (Phi) is 7.17. The quantitative estimate of drug-likeness (QED) is 0.681. The van der Waals surface area contributed by atoms with E-state index in [4.69, 9.17) is 5.73 Å². The largest absolute Gasteiger partial charge is 0.351 e. The molecule has 2 aromatic rings. The monoisotopic (exact) mass is 354 g/mol. The highest BCUT2D eigenvalue weighted by molar-refractivity contribution is 5.95. The Balaban J connectivity index is 2.00. The van der Waals surface area contributed by atoms with Crippen molar-refractivity contribution in [3.05, 3.63) is 65.2 Å². The third kappa shape index (κ3) is 5.60. The van der Waals surface area contributed by atoms with Crippen LogP contribution in [0.15, 0.2) is 48.5 Å². The van der Waals surface area contributed by atoms with Crippen LogP contribution in [0.3, 0.4) is 0 Å². The van der Waals surface area contributed by atoms with Gasteiger partial charge < -0.3 is 16.4 Å². The van der Waals surface area contributed by atoms with Crippen LogP contribution in [0.4, 0.5) is 10.5 Å². The SMILES string of the molecule is CCN(CC)Cc1ccccc1CNC(=O)c1ccc(NC(N)=O)cc1. The molecule has 0 aliphatic rings. The number of carbonyl (C=O) groups excluding carboxylic acids is 2. The lowest BCUT2D eigenvalue weighted by Gasteiger charge is -2.20. The molecule has 0 bridgehead atoms. The third-order valence-electron chi connectivity index (χ3n) is 4.26. The molecule has 0 spiro atoms. The molecule has 0 heterocycles. The third-order valence-corrected chi connectivity index (χ3v) is 4.26. The predicted octanol–water partition coefficient (Wildman–Crippen LogP) is 2.95. The maximum atomic E-state index is 12.4. The Hall–Kier alpha value is -2.86. The second kappa shape index (κ2) is 9.58. The average Bonchev–Trinajstić information content (AvgIpc) is 2.65. The van der Waals surface area contributed by atoms with Crippen LogP contribution in [0.2, 0.25) is 0 Å². The summed E-state index contributed by atoms with van der Waals surface area (Å²) in [5, 5.41) is 5.42. The molecule has 0 fully saturated rings. The number of carbonyl (C=O) groups is 2. The highest BCUT2D eigenvalue weighted by atomic mass is 16.2. The predicted molar refractivity (Wildman–Crippen MR) is 104 cm³/mol. The lowest BCUT2D eigenvalue weighted by atomic mass is 10.1. The number of nitrogens with zero attached hydrogens (tertiary/aromatic N) is 1. The highest BCUT2D eigenvalue weighted by Gasteiger charge is 2.09. The summed E-state index contributed by atoms with van der Waals surface area (Å²) in [6.45, 7) is 7.60. The normalized spacial score (nSPS) is 10.6. The van der Waals surface area contributed by atoms with Crippen LogP contribution in [-0.2, 0) is 13.1 Å². The fourth-order valence-corrected chi connectivity index (χ4v) is 2.70. The molecule has 0 radical (unpaired) electrons. The summed E-state index contributed by atoms with van der Waals surface area (Å²) >= 11 is 0. The minimum atomic E-state index is -0.632. The Labute approximate surface area is 154 Å². The lowest BCUT2D eigenvalue weighted by Crippen LogP contribution is -2.26. The van der Waals surface area contributed by atoms with Crippen molar-refractivity contribution in [2.45, 2.75) is 26.9 Å². The van der Waals surface area contributed by atoms with Gasteiger partial charge in [-0.25, -0.2) is 4.79 Å². The maximum Gasteiger partial charge on any atom is 0.316 e. The van der Waals surface area contributed by atoms with E-state index in [1.54, 1.807) is 24.3 Å². The zero-order valence-electron chi connectivity index (χ0n) is 15.3. The Morgan fingerprint density at radius 2 is 1.58 bits per heavy atom. The number of rotatable bonds is 8. The molecule has 6 nitrogen and oxygen atoms in total. The molecule has 4 N–H and O–H groups in total. The molecule has 26 heavy (non-hydrogen) atoms. The molecule has 0 unspecified atom stereocenters. The van der Waals surface area contributed by atoms with Gasteiger partial charge in [-0.15, -0.1) is 0 Å². The molecule has 6 heteroatoms. The van der Waals surface area contributed by atoms with Crippen molar-refractivity contribution in [2.75, 3.05) is 18.4 Å². The standard InChI is InChI=1S/C20H26N4O2/c1-3-24(4-2)14-17-8-6-5-7-16(17)13-22-19(25)15-9-11-18(12-10-15)23-20(21)26/h5-12H,3-4,13-14H2,1-2H3,(H,22,25)(H3,21,23,26). The van der Waals surface area contributed by atoms with Gasteiger partial charge >= 0.3 is 6.03 Å². The minimum Gasteiger partial charge on any atom is -0.351 e. The Morgan fingerprint density at radius 1 is 0.962 bits per heavy atom. The number of anilines is 1. The molecule has 0 saturated carbocycles. The average molecular weight is 354 g/mol. The molecule has 0 aliphatic heterocycles. The first kappa shape index (κ1) is 19.5. The first-order valence-corrected chi connectivity index (χ1v) is 8.77. The molecule has 138 valence electrons. The van der Waals surface area contributed by atoms with Gasteiger partial charge in [-0.1, -0.05) is 38.1 Å². The van der Waals surface area contributed by atoms with Crippen LogP contribution < -0.4 is 16.4 Å². The van der Waals surface area contributed by atoms with E-state index in [0.29, 0.717) is 17.8 Å². The fraction of sp³-hybridized carbons (Fsp3) is 0.300. The van der Waals surface area contributed by atoms with E-state index in [1.165, 1.54) is 5.56 Å². The van der Waals surface area contributed by atoms with Crippen LogP contribution in [0.1, 0.15) is 35.3 Å². The van der Waals surface area contributed by atoms with Gasteiger partial charge in [0.15, 0.2) is 0 Å². The van der Waals surface area contributed by atoms with Crippen molar-refractivity contribution in [1.82, 2.24) is 10.2 Å². The molecular formula is C20H26N4O2. The lowest BCUT2D eigenvalue weighted by molar-refractivity contribution is 0.0950. The molecule has 0 aromatic heterocycles. The van der Waals surface area contributed by atoms with E-state index in [1.807, 2.05) is 18.2 Å². The van der Waals surface area contributed by atoms with Crippen molar-refractivity contribution in [3.8, 4) is 0 Å². The van der Waals surface area contributed by atoms with Gasteiger partial charge in [0.2, 0.25) is 0 Å². The van der Waals surface area contributed by atoms with Crippen molar-refractivity contribution < 1.29 is 9.59 Å². The van der Waals surface area contributed by atoms with Gasteiger partial charge in [0.25, 0.3) is 5.91 Å². The zero-order valence-corrected chi connectivity index (χ0v) is 15.3. The molecule has 2 aromatic carbocycles. The van der Waals surface area contributed by atoms with E-state index < -0.39 is 6.03 Å². The van der Waals surface area contributed by atoms with Gasteiger partial charge in [0, 0.05) is 24.3 Å². The summed E-state index contributed by atoms with van der Waals surface area (Å²) in [7, 11) is 0. The van der Waals surface area contributed by atoms with Crippen molar-refractivity contribution >= 4 is 17.6 Å². The number of amides is 3. The van der Waals surface area contributed by atoms with E-state index in [9.17, 15) is 9.59 Å². The van der Waals surface area contributed by atoms with Crippen molar-refractivity contribution in [3.63, 3.8) is 0 Å². The number of nitrogens with one attached hydrogen (secondary N) is 2. The minimum absolute atomic E-state index is 0.159. The Morgan fingerprint density at radius 3 is 2.15 bits per heavy atom. The van der Waals surface area contributed by atoms with Crippen LogP contribution in [0.25, 0.3) is 0 Å². The molecular weight excluding hydrogens is 328 g/mol. The van der Waals surface area contributed by atoms with Gasteiger partial charge in [0.05, 0.1) is 0 Å². The summed E-state index contributed by atoms with van der Waals surface area (Å²) in [4.78, 5) is 25.5. The highest BCUT2D eigenvalue weighted by Crippen LogP contribution is 2.13. The number of hydrogen-bond acceptors (Lipinski definition) is 3. The second-order valence-electron chi connectivity index (χ2n) is 5.98. The summed E-state index contributed by atoms with van der Waals surface area (Å²) in [5.74, 6) is -0.159. The van der Waals surface area contributed by atoms with E-state index >= 15 is 0 Å². The zero-order chi connectivity index (χ0) is 18.9. The van der Waals surface area contributed by atoms with E-state index in [-0.39, 0.29) is 5.91 Å². The summed E-state index contributed by atoms with van der Waals surface area (Å²) in [6.07, 6.45) is 0. The van der Waals surface area contributed by atoms with E-state index in [0.717, 1.165) is 25.2 Å². The fourth-order valence-electron chi connectivity index (χ4n) is 2.70.